The Morgan fingerprint density at radius 1 is 1.64 bits per heavy atom. The number of benzene rings is 1. The maximum absolute atomic E-state index is 11.1. The first-order valence-corrected chi connectivity index (χ1v) is 3.87. The smallest absolute Gasteiger partial charge is 0.268 e. The molecule has 1 aromatic rings. The normalized spacial score (nSPS) is 8.29. The zero-order valence-corrected chi connectivity index (χ0v) is 8.66. The second kappa shape index (κ2) is 6.20. The molecule has 0 bridgehead atoms. The fourth-order valence-electron chi connectivity index (χ4n) is 0.862. The summed E-state index contributed by atoms with van der Waals surface area (Å²) in [6.07, 6.45) is 0. The van der Waals surface area contributed by atoms with E-state index in [0.717, 1.165) is 0 Å². The molecular weight excluding hydrogens is 222 g/mol. The van der Waals surface area contributed by atoms with E-state index in [-0.39, 0.29) is 17.1 Å². The van der Waals surface area contributed by atoms with E-state index < -0.39 is 5.97 Å². The van der Waals surface area contributed by atoms with Crippen LogP contribution in [0.5, 0.6) is 0 Å². The summed E-state index contributed by atoms with van der Waals surface area (Å²) in [5, 5.41) is 8.54. The summed E-state index contributed by atoms with van der Waals surface area (Å²) in [6.45, 7) is 2.05. The van der Waals surface area contributed by atoms with Gasteiger partial charge in [-0.3, -0.25) is 4.79 Å². The third-order valence-electron chi connectivity index (χ3n) is 1.41. The summed E-state index contributed by atoms with van der Waals surface area (Å²) in [5.41, 5.74) is 0.631. The molecule has 0 saturated carbocycles. The van der Waals surface area contributed by atoms with Gasteiger partial charge in [0.15, 0.2) is 0 Å². The maximum atomic E-state index is 11.1. The van der Waals surface area contributed by atoms with Crippen molar-refractivity contribution >= 4 is 5.97 Å². The minimum atomic E-state index is -0.445. The molecule has 0 N–H and O–H groups in total. The van der Waals surface area contributed by atoms with Crippen molar-refractivity contribution in [1.82, 2.24) is 0 Å². The Morgan fingerprint density at radius 3 is 2.93 bits per heavy atom. The molecule has 0 aliphatic heterocycles. The third-order valence-corrected chi connectivity index (χ3v) is 1.41. The summed E-state index contributed by atoms with van der Waals surface area (Å²) in [6, 6.07) is 9.32. The Kier molecular flexibility index (Phi) is 5.62. The number of ether oxygens (including phenoxy) is 1. The van der Waals surface area contributed by atoms with Crippen LogP contribution in [0.4, 0.5) is 0 Å². The molecule has 0 saturated heterocycles. The Balaban J connectivity index is 0.00000169. The molecule has 0 aromatic heterocycles. The van der Waals surface area contributed by atoms with Crippen molar-refractivity contribution in [3.05, 3.63) is 35.4 Å². The second-order valence-corrected chi connectivity index (χ2v) is 2.31. The van der Waals surface area contributed by atoms with E-state index in [1.54, 1.807) is 25.1 Å². The number of rotatable bonds is 2. The van der Waals surface area contributed by atoms with Gasteiger partial charge in [-0.2, -0.15) is 0 Å². The number of hydrogen-bond donors (Lipinski definition) is 0. The molecule has 1 aromatic carbocycles. The second-order valence-electron chi connectivity index (χ2n) is 2.31. The van der Waals surface area contributed by atoms with Crippen molar-refractivity contribution in [2.24, 2.45) is 0 Å². The van der Waals surface area contributed by atoms with E-state index in [4.69, 9.17) is 10.00 Å². The van der Waals surface area contributed by atoms with E-state index in [2.05, 4.69) is 6.07 Å². The quantitative estimate of drug-likeness (QED) is 0.439. The van der Waals surface area contributed by atoms with Crippen LogP contribution >= 0.6 is 0 Å². The maximum Gasteiger partial charge on any atom is 0.268 e. The summed E-state index contributed by atoms with van der Waals surface area (Å²) in [7, 11) is 0. The van der Waals surface area contributed by atoms with Crippen molar-refractivity contribution in [2.45, 2.75) is 6.92 Å². The minimum absolute atomic E-state index is 0. The Bertz CT molecular complexity index is 357. The fourth-order valence-corrected chi connectivity index (χ4v) is 0.862. The van der Waals surface area contributed by atoms with Crippen molar-refractivity contribution < 1.29 is 26.6 Å². The van der Waals surface area contributed by atoms with E-state index in [0.29, 0.717) is 17.7 Å². The molecule has 0 aliphatic rings. The first-order valence-electron chi connectivity index (χ1n) is 3.87. The molecule has 0 unspecified atom stereocenters. The molecule has 0 spiro atoms. The van der Waals surface area contributed by atoms with Crippen LogP contribution in [0, 0.1) is 17.4 Å². The summed E-state index contributed by atoms with van der Waals surface area (Å²) >= 11 is 0. The number of nitriles is 1. The van der Waals surface area contributed by atoms with Gasteiger partial charge in [-0.15, -0.1) is 18.2 Å². The van der Waals surface area contributed by atoms with Gasteiger partial charge < -0.3 is 4.74 Å². The van der Waals surface area contributed by atoms with Crippen LogP contribution in [-0.4, -0.2) is 12.6 Å². The SMILES string of the molecule is CCOC(=O)c1[c-]c(C#N)ccc1.[Fe]. The molecule has 0 radical (unpaired) electrons. The third kappa shape index (κ3) is 3.21. The van der Waals surface area contributed by atoms with E-state index in [1.165, 1.54) is 0 Å². The van der Waals surface area contributed by atoms with Crippen LogP contribution in [0.25, 0.3) is 0 Å². The summed E-state index contributed by atoms with van der Waals surface area (Å²) in [5.74, 6) is -0.445. The largest absolute Gasteiger partial charge is 0.497 e. The fraction of sp³-hybridized carbons (Fsp3) is 0.200. The number of nitrogens with zero attached hydrogens (tertiary/aromatic N) is 1. The molecule has 0 amide bonds. The standard InChI is InChI=1S/C10H8NO2.Fe/c1-2-13-10(12)9-5-3-4-8(6-9)7-11;/h3-5H,2H2,1H3;/q-1;. The zero-order valence-electron chi connectivity index (χ0n) is 7.56. The average Bonchev–Trinajstić information content (AvgIpc) is 2.18. The first kappa shape index (κ1) is 12.7. The van der Waals surface area contributed by atoms with Crippen LogP contribution in [0.15, 0.2) is 18.2 Å². The number of carbonyl (C=O) groups is 1. The van der Waals surface area contributed by atoms with Crippen LogP contribution in [0.2, 0.25) is 0 Å². The Labute approximate surface area is 93.2 Å². The van der Waals surface area contributed by atoms with Gasteiger partial charge in [0.05, 0.1) is 6.61 Å². The van der Waals surface area contributed by atoms with Crippen molar-refractivity contribution in [1.29, 1.82) is 5.26 Å². The van der Waals surface area contributed by atoms with Crippen LogP contribution in [0.1, 0.15) is 22.8 Å². The average molecular weight is 230 g/mol. The molecule has 0 atom stereocenters. The molecule has 0 fully saturated rings. The van der Waals surface area contributed by atoms with Gasteiger partial charge in [0.1, 0.15) is 0 Å². The van der Waals surface area contributed by atoms with E-state index >= 15 is 0 Å². The van der Waals surface area contributed by atoms with Gasteiger partial charge in [0.2, 0.25) is 0 Å². The Morgan fingerprint density at radius 2 is 2.36 bits per heavy atom. The first-order chi connectivity index (χ1) is 6.27. The molecule has 3 nitrogen and oxygen atoms in total. The molecule has 1 rings (SSSR count). The topological polar surface area (TPSA) is 50.1 Å². The van der Waals surface area contributed by atoms with Crippen LogP contribution in [0.3, 0.4) is 0 Å². The van der Waals surface area contributed by atoms with Gasteiger partial charge in [-0.05, 0) is 18.6 Å². The van der Waals surface area contributed by atoms with Gasteiger partial charge >= 0.3 is 0 Å². The molecule has 4 heteroatoms. The number of hydrogen-bond acceptors (Lipinski definition) is 3. The summed E-state index contributed by atoms with van der Waals surface area (Å²) in [4.78, 5) is 11.1. The molecule has 0 heterocycles. The van der Waals surface area contributed by atoms with Gasteiger partial charge in [0, 0.05) is 17.1 Å². The van der Waals surface area contributed by atoms with Gasteiger partial charge in [-0.25, -0.2) is 5.26 Å². The molecular formula is C10H8FeNO2-. The van der Waals surface area contributed by atoms with Crippen LogP contribution in [-0.2, 0) is 21.8 Å². The molecule has 14 heavy (non-hydrogen) atoms. The van der Waals surface area contributed by atoms with Gasteiger partial charge in [-0.1, -0.05) is 11.6 Å². The Hall–Kier alpha value is -1.30. The van der Waals surface area contributed by atoms with E-state index in [9.17, 15) is 4.79 Å². The van der Waals surface area contributed by atoms with Crippen molar-refractivity contribution in [3.63, 3.8) is 0 Å². The predicted octanol–water partition coefficient (Wildman–Crippen LogP) is 1.53. The number of carbonyl (C=O) groups excluding carboxylic acids is 1. The van der Waals surface area contributed by atoms with Gasteiger partial charge in [0.25, 0.3) is 5.97 Å². The molecule has 74 valence electrons. The predicted molar refractivity (Wildman–Crippen MR) is 45.9 cm³/mol. The van der Waals surface area contributed by atoms with Crippen molar-refractivity contribution in [3.8, 4) is 6.07 Å². The van der Waals surface area contributed by atoms with E-state index in [1.807, 2.05) is 6.07 Å². The molecule has 0 aliphatic carbocycles. The van der Waals surface area contributed by atoms with Crippen LogP contribution < -0.4 is 0 Å². The number of esters is 1. The zero-order chi connectivity index (χ0) is 9.68. The van der Waals surface area contributed by atoms with Crippen molar-refractivity contribution in [2.75, 3.05) is 6.61 Å². The monoisotopic (exact) mass is 230 g/mol. The minimum Gasteiger partial charge on any atom is -0.497 e. The summed E-state index contributed by atoms with van der Waals surface area (Å²) < 4.78 is 4.75.